The Hall–Kier alpha value is -6.29. The van der Waals surface area contributed by atoms with Gasteiger partial charge in [-0.05, 0) is 153 Å². The van der Waals surface area contributed by atoms with Crippen LogP contribution < -0.4 is 40.2 Å². The Balaban J connectivity index is 0.000000223. The van der Waals surface area contributed by atoms with Crippen molar-refractivity contribution in [3.8, 4) is 52.1 Å². The van der Waals surface area contributed by atoms with Crippen molar-refractivity contribution in [2.75, 3.05) is 40.8 Å². The number of carbonyl (C=O) groups excluding carboxylic acids is 4. The van der Waals surface area contributed by atoms with Crippen LogP contribution in [0.25, 0.3) is 0 Å². The first kappa shape index (κ1) is 81.8. The Bertz CT molecular complexity index is 4320. The standard InChI is InChI=1S/C38H43N5O6.C37H44N4O7.2Ac.Ag.HNO3/c1-19-13-24-14-26-28(16-39)43-27(33(42(26)5)31(24)35(46)20(19)2)15-25-32(37-36(48-18-49-37)21(3)34(25)45)29(43)17-40-38(47)22(4)41-30(44)12-11-23-9-7-6-8-10-23;1-18-13-23-14-26-37(46)41-25(31(40(26)5)29(23)33(44)19(18)2)15-24-30(35-34(47-17-48-35)20(3)32(24)43)27(41)16-38-36(45)21(4)39-28(42)12-11-22-9-7-6-8-10-22;;;;2-1(3)4/h6-10,13,22,26-29,33,45-46H,11-12,14-15,17-18H2,1-5H3,(H,40,47)(H,41,44);6-10,13,21,25-27,31,37,43-44,46H,11-12,14-17H2,1-5H3,(H,38,45)(H,39,42);;;;(H,2,3,4)/t22-,26-,27?,28-,29-,33-;21-,25?,26-,27-,31-,37-;;;;/m00..../s1. The number of nitrogens with one attached hydrogen (secondary N) is 4. The van der Waals surface area contributed by atoms with Gasteiger partial charge in [-0.25, -0.2) is 0 Å². The zero-order valence-electron chi connectivity index (χ0n) is 59.7. The summed E-state index contributed by atoms with van der Waals surface area (Å²) in [6, 6.07) is 21.2. The van der Waals surface area contributed by atoms with Gasteiger partial charge in [0.05, 0.1) is 36.3 Å². The number of amides is 4. The third-order valence-electron chi connectivity index (χ3n) is 22.2. The molecule has 8 aliphatic rings. The van der Waals surface area contributed by atoms with E-state index in [0.717, 1.165) is 55.6 Å². The van der Waals surface area contributed by atoms with Gasteiger partial charge < -0.3 is 71.0 Å². The maximum atomic E-state index is 13.5. The van der Waals surface area contributed by atoms with Crippen molar-refractivity contribution in [3.63, 3.8) is 0 Å². The van der Waals surface area contributed by atoms with Crippen molar-refractivity contribution in [1.82, 2.24) is 40.9 Å². The fourth-order valence-corrected chi connectivity index (χ4v) is 16.9. The molecule has 3 radical (unpaired) electrons. The van der Waals surface area contributed by atoms with E-state index in [0.29, 0.717) is 94.9 Å². The van der Waals surface area contributed by atoms with Crippen molar-refractivity contribution in [3.05, 3.63) is 172 Å². The molecule has 6 aromatic carbocycles. The Morgan fingerprint density at radius 1 is 0.577 bits per heavy atom. The van der Waals surface area contributed by atoms with Gasteiger partial charge in [0.1, 0.15) is 47.4 Å². The molecule has 0 aliphatic carbocycles. The molecule has 551 valence electrons. The first-order valence-electron chi connectivity index (χ1n) is 34.3. The summed E-state index contributed by atoms with van der Waals surface area (Å²) in [5.41, 5.74) is 13.3. The Labute approximate surface area is 691 Å². The number of aliphatic hydroxyl groups is 1. The average Bonchev–Trinajstić information content (AvgIpc) is 0.914. The van der Waals surface area contributed by atoms with Crippen LogP contribution in [0.1, 0.15) is 140 Å². The normalized spacial score (nSPS) is 23.0. The second-order valence-electron chi connectivity index (χ2n) is 27.8. The second-order valence-corrected chi connectivity index (χ2v) is 27.8. The Kier molecular flexibility index (Phi) is 26.6. The van der Waals surface area contributed by atoms with Crippen LogP contribution in [0.2, 0.25) is 0 Å². The molecule has 2 saturated heterocycles. The molecule has 0 spiro atoms. The molecule has 2 fully saturated rings. The van der Waals surface area contributed by atoms with E-state index in [1.807, 2.05) is 107 Å². The smallest absolute Gasteiger partial charge is 0.291 e. The van der Waals surface area contributed by atoms with Crippen LogP contribution in [0.15, 0.2) is 72.8 Å². The number of hydrogen-bond donors (Lipinski definition) is 10. The molecule has 29 heteroatoms. The van der Waals surface area contributed by atoms with Gasteiger partial charge in [0.2, 0.25) is 37.2 Å². The number of phenolic OH excluding ortho intramolecular Hbond substituents is 4. The van der Waals surface area contributed by atoms with E-state index in [1.54, 1.807) is 27.7 Å². The van der Waals surface area contributed by atoms with E-state index in [2.05, 4.69) is 54.2 Å². The molecule has 6 aromatic rings. The summed E-state index contributed by atoms with van der Waals surface area (Å²) in [6.07, 6.45) is 2.59. The molecule has 104 heavy (non-hydrogen) atoms. The van der Waals surface area contributed by atoms with Crippen LogP contribution in [-0.4, -0.2) is 168 Å². The molecule has 12 atom stereocenters. The molecule has 0 aromatic heterocycles. The van der Waals surface area contributed by atoms with Gasteiger partial charge in [0.15, 0.2) is 23.0 Å². The van der Waals surface area contributed by atoms with Gasteiger partial charge in [-0.15, -0.1) is 10.1 Å². The molecule has 8 aliphatic heterocycles. The van der Waals surface area contributed by atoms with Crippen LogP contribution in [0.4, 0.5) is 0 Å². The van der Waals surface area contributed by atoms with Crippen molar-refractivity contribution < 1.29 is 184 Å². The molecule has 8 heterocycles. The number of likely N-dealkylation sites (N-methyl/N-ethyl adjacent to an activating group) is 2. The number of aryl methyl sites for hydroxylation is 4. The number of carbonyl (C=O) groups is 4. The number of hydrogen-bond acceptors (Lipinski definition) is 20. The van der Waals surface area contributed by atoms with Gasteiger partial charge in [0, 0.05) is 199 Å². The van der Waals surface area contributed by atoms with Crippen LogP contribution >= 0.6 is 0 Å². The predicted molar refractivity (Wildman–Crippen MR) is 368 cm³/mol. The van der Waals surface area contributed by atoms with E-state index < -0.39 is 41.5 Å². The van der Waals surface area contributed by atoms with Crippen molar-refractivity contribution in [1.29, 1.82) is 5.26 Å². The summed E-state index contributed by atoms with van der Waals surface area (Å²) in [6.45, 7) is 14.9. The Morgan fingerprint density at radius 2 is 0.952 bits per heavy atom. The van der Waals surface area contributed by atoms with Gasteiger partial charge in [-0.2, -0.15) is 5.26 Å². The van der Waals surface area contributed by atoms with Gasteiger partial charge >= 0.3 is 0 Å². The van der Waals surface area contributed by atoms with Crippen LogP contribution in [0.3, 0.4) is 0 Å². The zero-order chi connectivity index (χ0) is 72.3. The SMILES string of the molecule is Cc1cc2c(c(O)c1C)[C@@H]1C3Cc4c(O)c(C)c5c(c4[C@H](CNC(=O)[C@H](C)NC(=O)CCc4ccccc4)N3[C@@H](C#N)[C@H](C2)N1C)OCO5.Cc1cc2c(c(O)c1C)[C@@H]1C3Cc4c(O)c(C)c5c(c4[C@H](CNC(=O)[C@H](C)NC(=O)CCc4ccccc4)N3[C@@H](O)[C@H](C2)N1C)OCO5.O=[N+]([O-])O.[Ac].[Ac].[Ag]. The second kappa shape index (κ2) is 33.9. The van der Waals surface area contributed by atoms with E-state index in [9.17, 15) is 50.0 Å². The van der Waals surface area contributed by atoms with Crippen LogP contribution in [-0.2, 0) is 80.1 Å². The average molecular weight is 1950 g/mol. The summed E-state index contributed by atoms with van der Waals surface area (Å²) >= 11 is 0. The number of aromatic hydroxyl groups is 4. The van der Waals surface area contributed by atoms with Gasteiger partial charge in [0.25, 0.3) is 5.09 Å². The summed E-state index contributed by atoms with van der Waals surface area (Å²) in [4.78, 5) is 69.4. The molecule has 4 amide bonds. The molecular weight excluding hydrogens is 1860 g/mol. The number of benzene rings is 6. The summed E-state index contributed by atoms with van der Waals surface area (Å²) in [5, 5.41) is 94.6. The number of piperazine rings is 2. The zero-order valence-corrected chi connectivity index (χ0v) is 70.7. The van der Waals surface area contributed by atoms with Gasteiger partial charge in [-0.1, -0.05) is 72.8 Å². The van der Waals surface area contributed by atoms with E-state index >= 15 is 0 Å². The number of fused-ring (bicyclic) bond motifs is 18. The van der Waals surface area contributed by atoms with Gasteiger partial charge in [-0.3, -0.25) is 38.8 Å². The maximum Gasteiger partial charge on any atom is 0.291 e. The first-order chi connectivity index (χ1) is 48.2. The summed E-state index contributed by atoms with van der Waals surface area (Å²) in [5.74, 6) is 1.49. The largest absolute Gasteiger partial charge is 0.507 e. The summed E-state index contributed by atoms with van der Waals surface area (Å²) in [7, 11) is 3.99. The summed E-state index contributed by atoms with van der Waals surface area (Å²) < 4.78 is 23.6. The predicted octanol–water partition coefficient (Wildman–Crippen LogP) is 6.63. The number of nitriles is 1. The fourth-order valence-electron chi connectivity index (χ4n) is 16.9. The van der Waals surface area contributed by atoms with Crippen LogP contribution in [0, 0.1) is 151 Å². The third-order valence-corrected chi connectivity index (χ3v) is 22.2. The molecule has 14 rings (SSSR count). The van der Waals surface area contributed by atoms with Crippen molar-refractivity contribution in [2.24, 2.45) is 0 Å². The maximum absolute atomic E-state index is 13.5. The molecule has 10 N–H and O–H groups in total. The molecule has 26 nitrogen and oxygen atoms in total. The molecular formula is C75H88Ac2AgN10O16. The number of aliphatic hydroxyl groups excluding tert-OH is 1. The first-order valence-corrected chi connectivity index (χ1v) is 34.3. The molecule has 0 saturated carbocycles. The topological polar surface area (TPSA) is 355 Å². The van der Waals surface area contributed by atoms with Crippen molar-refractivity contribution >= 4 is 23.6 Å². The van der Waals surface area contributed by atoms with E-state index in [-0.39, 0.29) is 233 Å². The Morgan fingerprint density at radius 3 is 1.37 bits per heavy atom. The minimum Gasteiger partial charge on any atom is -0.507 e. The quantitative estimate of drug-likeness (QED) is 0.0311. The number of rotatable bonds is 14. The van der Waals surface area contributed by atoms with Crippen molar-refractivity contribution in [2.45, 2.75) is 179 Å². The number of nitrogens with zero attached hydrogens (tertiary/aromatic N) is 6. The number of phenols is 4. The number of ether oxygens (including phenoxy) is 4. The fraction of sp³-hybridized carbons (Fsp3) is 0.453. The monoisotopic (exact) mass is 1950 g/mol. The third kappa shape index (κ3) is 15.5. The minimum absolute atomic E-state index is 0. The van der Waals surface area contributed by atoms with E-state index in [1.165, 1.54) is 0 Å². The van der Waals surface area contributed by atoms with E-state index in [4.69, 9.17) is 34.3 Å². The minimum atomic E-state index is -1.50. The molecule has 4 bridgehead atoms. The molecule has 2 unspecified atom stereocenters. The van der Waals surface area contributed by atoms with Crippen LogP contribution in [0.5, 0.6) is 46.0 Å².